The molecular formula is C25H21F3N6O2S. The van der Waals surface area contributed by atoms with E-state index in [9.17, 15) is 18.0 Å². The number of carbonyl (C=O) groups excluding carboxylic acids is 1. The van der Waals surface area contributed by atoms with Gasteiger partial charge in [0.15, 0.2) is 5.75 Å². The van der Waals surface area contributed by atoms with Crippen molar-refractivity contribution in [2.45, 2.75) is 25.1 Å². The van der Waals surface area contributed by atoms with E-state index in [1.54, 1.807) is 24.5 Å². The zero-order valence-electron chi connectivity index (χ0n) is 19.3. The van der Waals surface area contributed by atoms with Crippen LogP contribution in [0.4, 0.5) is 19.0 Å². The van der Waals surface area contributed by atoms with Gasteiger partial charge < -0.3 is 20.4 Å². The molecule has 1 saturated heterocycles. The number of nitrogen functional groups attached to an aromatic ring is 1. The number of nitrogens with two attached hydrogens (primary N) is 1. The quantitative estimate of drug-likeness (QED) is 0.325. The summed E-state index contributed by atoms with van der Waals surface area (Å²) in [5.41, 5.74) is 8.72. The van der Waals surface area contributed by atoms with E-state index in [4.69, 9.17) is 10.7 Å². The van der Waals surface area contributed by atoms with Gasteiger partial charge in [0.2, 0.25) is 0 Å². The zero-order chi connectivity index (χ0) is 25.7. The van der Waals surface area contributed by atoms with Crippen LogP contribution in [0.25, 0.3) is 27.8 Å². The van der Waals surface area contributed by atoms with E-state index < -0.39 is 6.36 Å². The molecule has 190 valence electrons. The Morgan fingerprint density at radius 2 is 2.03 bits per heavy atom. The third-order valence-corrected chi connectivity index (χ3v) is 7.31. The highest BCUT2D eigenvalue weighted by Crippen LogP contribution is 2.37. The summed E-state index contributed by atoms with van der Waals surface area (Å²) >= 11 is 1.49. The van der Waals surface area contributed by atoms with E-state index in [1.807, 2.05) is 26.1 Å². The molecule has 1 aromatic carbocycles. The highest BCUT2D eigenvalue weighted by molar-refractivity contribution is 7.08. The predicted octanol–water partition coefficient (Wildman–Crippen LogP) is 5.44. The van der Waals surface area contributed by atoms with Crippen molar-refractivity contribution in [3.63, 3.8) is 0 Å². The summed E-state index contributed by atoms with van der Waals surface area (Å²) in [6, 6.07) is 8.00. The standard InChI is InChI=1S/C25H21F3N6O2S/c26-25(27,28)36-18-3-1-2-15-12-17(31-19(15)18)20-21-22(29)30-7-10-34(21)23(32-20)14-4-8-33(9-5-14)24(35)16-6-11-37-13-16/h1-3,6-7,10-14,31H,4-5,8-9H2,(H2,29,30). The normalized spacial score (nSPS) is 15.1. The summed E-state index contributed by atoms with van der Waals surface area (Å²) in [4.78, 5) is 26.8. The van der Waals surface area contributed by atoms with Crippen molar-refractivity contribution in [3.8, 4) is 17.1 Å². The minimum atomic E-state index is -4.82. The number of rotatable bonds is 4. The maximum absolute atomic E-state index is 12.9. The molecule has 1 aliphatic heterocycles. The fourth-order valence-corrected chi connectivity index (χ4v) is 5.57. The van der Waals surface area contributed by atoms with Gasteiger partial charge in [-0.25, -0.2) is 9.97 Å². The number of alkyl halides is 3. The minimum absolute atomic E-state index is 0.0248. The number of fused-ring (bicyclic) bond motifs is 2. The number of imidazole rings is 1. The van der Waals surface area contributed by atoms with Gasteiger partial charge in [-0.15, -0.1) is 13.2 Å². The van der Waals surface area contributed by atoms with E-state index in [0.717, 1.165) is 5.82 Å². The Hall–Kier alpha value is -4.06. The monoisotopic (exact) mass is 526 g/mol. The zero-order valence-corrected chi connectivity index (χ0v) is 20.1. The lowest BCUT2D eigenvalue weighted by atomic mass is 9.95. The number of nitrogens with one attached hydrogen (secondary N) is 1. The first-order chi connectivity index (χ1) is 17.8. The number of anilines is 1. The van der Waals surface area contributed by atoms with Crippen molar-refractivity contribution in [2.75, 3.05) is 18.8 Å². The molecule has 8 nitrogen and oxygen atoms in total. The molecule has 0 spiro atoms. The highest BCUT2D eigenvalue weighted by atomic mass is 32.1. The number of halogens is 3. The molecule has 6 rings (SSSR count). The molecule has 1 amide bonds. The lowest BCUT2D eigenvalue weighted by Crippen LogP contribution is -2.38. The van der Waals surface area contributed by atoms with Crippen LogP contribution in [-0.2, 0) is 0 Å². The number of likely N-dealkylation sites (tertiary alicyclic amines) is 1. The van der Waals surface area contributed by atoms with E-state index in [2.05, 4.69) is 14.7 Å². The fourth-order valence-electron chi connectivity index (χ4n) is 4.94. The minimum Gasteiger partial charge on any atom is -0.404 e. The van der Waals surface area contributed by atoms with Gasteiger partial charge >= 0.3 is 6.36 Å². The Kier molecular flexibility index (Phi) is 5.55. The summed E-state index contributed by atoms with van der Waals surface area (Å²) in [5.74, 6) is 0.785. The highest BCUT2D eigenvalue weighted by Gasteiger charge is 2.33. The molecule has 0 aliphatic carbocycles. The maximum Gasteiger partial charge on any atom is 0.573 e. The van der Waals surface area contributed by atoms with Crippen LogP contribution in [-0.4, -0.2) is 49.6 Å². The molecule has 4 aromatic heterocycles. The lowest BCUT2D eigenvalue weighted by molar-refractivity contribution is -0.274. The van der Waals surface area contributed by atoms with Crippen LogP contribution in [0.15, 0.2) is 53.5 Å². The molecule has 0 saturated carbocycles. The number of para-hydroxylation sites is 1. The Balaban J connectivity index is 1.36. The average molecular weight is 527 g/mol. The van der Waals surface area contributed by atoms with Crippen molar-refractivity contribution < 1.29 is 22.7 Å². The first-order valence-corrected chi connectivity index (χ1v) is 12.5. The van der Waals surface area contributed by atoms with E-state index in [-0.39, 0.29) is 28.9 Å². The van der Waals surface area contributed by atoms with Gasteiger partial charge in [0.1, 0.15) is 22.9 Å². The van der Waals surface area contributed by atoms with Crippen molar-refractivity contribution in [3.05, 3.63) is 64.9 Å². The number of aromatic nitrogens is 4. The smallest absolute Gasteiger partial charge is 0.404 e. The summed E-state index contributed by atoms with van der Waals surface area (Å²) in [7, 11) is 0. The molecule has 1 aliphatic rings. The van der Waals surface area contributed by atoms with Gasteiger partial charge in [-0.2, -0.15) is 11.3 Å². The number of hydrogen-bond acceptors (Lipinski definition) is 6. The number of H-pyrrole nitrogens is 1. The van der Waals surface area contributed by atoms with Crippen molar-refractivity contribution in [1.82, 2.24) is 24.3 Å². The Morgan fingerprint density at radius 3 is 2.76 bits per heavy atom. The largest absolute Gasteiger partial charge is 0.573 e. The second kappa shape index (κ2) is 8.80. The number of benzene rings is 1. The van der Waals surface area contributed by atoms with E-state index in [1.165, 1.54) is 23.5 Å². The number of carbonyl (C=O) groups is 1. The van der Waals surface area contributed by atoms with Gasteiger partial charge in [-0.05, 0) is 36.4 Å². The number of piperidine rings is 1. The summed E-state index contributed by atoms with van der Waals surface area (Å²) < 4.78 is 44.9. The third-order valence-electron chi connectivity index (χ3n) is 6.62. The van der Waals surface area contributed by atoms with Crippen LogP contribution in [0.1, 0.15) is 34.9 Å². The van der Waals surface area contributed by atoms with Gasteiger partial charge in [-0.1, -0.05) is 12.1 Å². The average Bonchev–Trinajstić information content (AvgIpc) is 3.62. The van der Waals surface area contributed by atoms with Crippen molar-refractivity contribution in [1.29, 1.82) is 0 Å². The van der Waals surface area contributed by atoms with E-state index >= 15 is 0 Å². The van der Waals surface area contributed by atoms with Gasteiger partial charge in [0.25, 0.3) is 5.91 Å². The lowest BCUT2D eigenvalue weighted by Gasteiger charge is -2.31. The van der Waals surface area contributed by atoms with E-state index in [0.29, 0.717) is 53.8 Å². The first-order valence-electron chi connectivity index (χ1n) is 11.6. The second-order valence-electron chi connectivity index (χ2n) is 8.88. The van der Waals surface area contributed by atoms with Gasteiger partial charge in [0.05, 0.1) is 16.8 Å². The Morgan fingerprint density at radius 1 is 1.22 bits per heavy atom. The molecule has 0 unspecified atom stereocenters. The molecule has 0 bridgehead atoms. The number of hydrogen-bond donors (Lipinski definition) is 2. The van der Waals surface area contributed by atoms with Gasteiger partial charge in [-0.3, -0.25) is 9.20 Å². The number of ether oxygens (including phenoxy) is 1. The molecule has 12 heteroatoms. The number of amides is 1. The van der Waals surface area contributed by atoms with Crippen LogP contribution in [0.2, 0.25) is 0 Å². The summed E-state index contributed by atoms with van der Waals surface area (Å²) in [6.45, 7) is 1.18. The van der Waals surface area contributed by atoms with Crippen molar-refractivity contribution in [2.24, 2.45) is 0 Å². The third kappa shape index (κ3) is 4.26. The molecule has 5 aromatic rings. The van der Waals surface area contributed by atoms with Crippen LogP contribution in [0.3, 0.4) is 0 Å². The van der Waals surface area contributed by atoms with Gasteiger partial charge in [0, 0.05) is 42.2 Å². The number of aromatic amines is 1. The van der Waals surface area contributed by atoms with Crippen molar-refractivity contribution >= 4 is 39.5 Å². The van der Waals surface area contributed by atoms with Crippen LogP contribution in [0, 0.1) is 0 Å². The second-order valence-corrected chi connectivity index (χ2v) is 9.66. The predicted molar refractivity (Wildman–Crippen MR) is 134 cm³/mol. The first kappa shape index (κ1) is 23.3. The molecule has 5 heterocycles. The topological polar surface area (TPSA) is 102 Å². The Bertz CT molecular complexity index is 1600. The summed E-state index contributed by atoms with van der Waals surface area (Å²) in [5, 5.41) is 4.28. The summed E-state index contributed by atoms with van der Waals surface area (Å²) in [6.07, 6.45) is -0.0179. The molecule has 0 radical (unpaired) electrons. The molecule has 37 heavy (non-hydrogen) atoms. The van der Waals surface area contributed by atoms with Crippen LogP contribution < -0.4 is 10.5 Å². The fraction of sp³-hybridized carbons (Fsp3) is 0.240. The van der Waals surface area contributed by atoms with Crippen LogP contribution in [0.5, 0.6) is 5.75 Å². The number of nitrogens with zero attached hydrogens (tertiary/aromatic N) is 4. The van der Waals surface area contributed by atoms with Crippen LogP contribution >= 0.6 is 11.3 Å². The Labute approximate surface area is 212 Å². The SMILES string of the molecule is Nc1nccn2c(C3CCN(C(=O)c4ccsc4)CC3)nc(-c3cc4cccc(OC(F)(F)F)c4[nH]3)c12. The number of thiophene rings is 1. The molecule has 0 atom stereocenters. The molecular weight excluding hydrogens is 505 g/mol. The molecule has 3 N–H and O–H groups in total. The maximum atomic E-state index is 12.9. The molecule has 1 fully saturated rings.